The molecule has 0 aliphatic rings. The van der Waals surface area contributed by atoms with Crippen molar-refractivity contribution < 1.29 is 15.0 Å². The van der Waals surface area contributed by atoms with Crippen molar-refractivity contribution in [2.45, 2.75) is 193 Å². The van der Waals surface area contributed by atoms with Crippen molar-refractivity contribution >= 4 is 5.91 Å². The summed E-state index contributed by atoms with van der Waals surface area (Å²) in [7, 11) is 0. The third-order valence-corrected chi connectivity index (χ3v) is 8.57. The van der Waals surface area contributed by atoms with E-state index in [2.05, 4.69) is 67.8 Å². The van der Waals surface area contributed by atoms with Crippen molar-refractivity contribution in [3.05, 3.63) is 60.8 Å². The fourth-order valence-corrected chi connectivity index (χ4v) is 5.60. The van der Waals surface area contributed by atoms with Crippen LogP contribution in [0.2, 0.25) is 0 Å². The van der Waals surface area contributed by atoms with Gasteiger partial charge in [-0.05, 0) is 38.5 Å². The summed E-state index contributed by atoms with van der Waals surface area (Å²) in [6, 6.07) is -0.592. The van der Waals surface area contributed by atoms with Crippen molar-refractivity contribution in [3.63, 3.8) is 0 Å². The number of carbonyl (C=O) groups is 1. The summed E-state index contributed by atoms with van der Waals surface area (Å²) in [5.41, 5.74) is 0. The molecular weight excluding hydrogens is 566 g/mol. The summed E-state index contributed by atoms with van der Waals surface area (Å²) in [4.78, 5) is 12.3. The molecule has 0 saturated carbocycles. The molecule has 2 atom stereocenters. The summed E-state index contributed by atoms with van der Waals surface area (Å²) in [5.74, 6) is -0.160. The molecule has 0 fully saturated rings. The Hall–Kier alpha value is -1.91. The molecule has 0 heterocycles. The van der Waals surface area contributed by atoms with Crippen LogP contribution in [0.15, 0.2) is 60.8 Å². The van der Waals surface area contributed by atoms with E-state index in [1.807, 2.05) is 12.2 Å². The van der Waals surface area contributed by atoms with Crippen molar-refractivity contribution in [1.82, 2.24) is 5.32 Å². The van der Waals surface area contributed by atoms with Crippen LogP contribution in [0.4, 0.5) is 0 Å². The van der Waals surface area contributed by atoms with Crippen LogP contribution in [-0.4, -0.2) is 34.9 Å². The molecule has 4 heteroatoms. The molecule has 46 heavy (non-hydrogen) atoms. The van der Waals surface area contributed by atoms with Gasteiger partial charge in [-0.3, -0.25) is 4.79 Å². The smallest absolute Gasteiger partial charge is 0.224 e. The van der Waals surface area contributed by atoms with Crippen molar-refractivity contribution in [3.8, 4) is 0 Å². The largest absolute Gasteiger partial charge is 0.394 e. The van der Waals surface area contributed by atoms with E-state index >= 15 is 0 Å². The van der Waals surface area contributed by atoms with Crippen LogP contribution in [0.25, 0.3) is 0 Å². The highest BCUT2D eigenvalue weighted by Gasteiger charge is 2.19. The van der Waals surface area contributed by atoms with Gasteiger partial charge in [0.15, 0.2) is 0 Å². The van der Waals surface area contributed by atoms with Gasteiger partial charge < -0.3 is 15.5 Å². The molecule has 2 unspecified atom stereocenters. The van der Waals surface area contributed by atoms with E-state index < -0.39 is 12.1 Å². The second kappa shape index (κ2) is 37.5. The summed E-state index contributed by atoms with van der Waals surface area (Å²) in [6.45, 7) is 4.19. The number of allylic oxidation sites excluding steroid dienone is 9. The fourth-order valence-electron chi connectivity index (χ4n) is 5.60. The van der Waals surface area contributed by atoms with Gasteiger partial charge in [-0.1, -0.05) is 197 Å². The number of aliphatic hydroxyl groups excluding tert-OH is 2. The molecule has 266 valence electrons. The predicted octanol–water partition coefficient (Wildman–Crippen LogP) is 11.8. The second-order valence-corrected chi connectivity index (χ2v) is 13.0. The number of rotatable bonds is 34. The fraction of sp³-hybridized carbons (Fsp3) is 0.738. The van der Waals surface area contributed by atoms with E-state index in [1.165, 1.54) is 109 Å². The van der Waals surface area contributed by atoms with Gasteiger partial charge in [-0.25, -0.2) is 0 Å². The Morgan fingerprint density at radius 1 is 0.522 bits per heavy atom. The Balaban J connectivity index is 3.67. The molecule has 0 aliphatic heterocycles. The Kier molecular flexibility index (Phi) is 36.0. The van der Waals surface area contributed by atoms with E-state index in [9.17, 15) is 15.0 Å². The number of aliphatic hydroxyl groups is 2. The number of hydrogen-bond acceptors (Lipinski definition) is 3. The first-order valence-electron chi connectivity index (χ1n) is 19.5. The van der Waals surface area contributed by atoms with E-state index in [4.69, 9.17) is 0 Å². The number of nitrogens with one attached hydrogen (secondary N) is 1. The lowest BCUT2D eigenvalue weighted by Gasteiger charge is -2.22. The average Bonchev–Trinajstić information content (AvgIpc) is 3.06. The SMILES string of the molecule is CC/C=C\C/C=C\C/C=C\C/C=C\C/C=C\CC(=O)NC(CO)C(O)CCCCCCCCCCCCCCCCCCCCC. The number of hydrogen-bond donors (Lipinski definition) is 3. The van der Waals surface area contributed by atoms with Gasteiger partial charge >= 0.3 is 0 Å². The topological polar surface area (TPSA) is 69.6 Å². The Labute approximate surface area is 286 Å². The lowest BCUT2D eigenvalue weighted by atomic mass is 10.0. The van der Waals surface area contributed by atoms with E-state index in [0.717, 1.165) is 44.9 Å². The minimum atomic E-state index is -0.701. The standard InChI is InChI=1S/C42H75NO3/c1-3-5-7-9-11-13-15-17-19-20-21-22-24-25-27-29-31-33-35-37-41(45)40(39-44)43-42(46)38-36-34-32-30-28-26-23-18-16-14-12-10-8-6-4-2/h6,8,12,14,18,23,28,30,34,36,40-41,44-45H,3-5,7,9-11,13,15-17,19-22,24-27,29,31-33,35,37-39H2,1-2H3,(H,43,46)/b8-6-,14-12-,23-18-,30-28-,36-34-. The van der Waals surface area contributed by atoms with Crippen molar-refractivity contribution in [1.29, 1.82) is 0 Å². The van der Waals surface area contributed by atoms with Crippen LogP contribution in [0.5, 0.6) is 0 Å². The van der Waals surface area contributed by atoms with Crippen LogP contribution < -0.4 is 5.32 Å². The highest BCUT2D eigenvalue weighted by Crippen LogP contribution is 2.15. The molecule has 0 aromatic carbocycles. The van der Waals surface area contributed by atoms with Crippen molar-refractivity contribution in [2.24, 2.45) is 0 Å². The molecule has 0 rings (SSSR count). The molecule has 0 bridgehead atoms. The van der Waals surface area contributed by atoms with Crippen LogP contribution in [0, 0.1) is 0 Å². The van der Waals surface area contributed by atoms with E-state index in [1.54, 1.807) is 0 Å². The maximum atomic E-state index is 12.3. The zero-order chi connectivity index (χ0) is 33.6. The quantitative estimate of drug-likeness (QED) is 0.0483. The Morgan fingerprint density at radius 2 is 0.870 bits per heavy atom. The Morgan fingerprint density at radius 3 is 1.24 bits per heavy atom. The second-order valence-electron chi connectivity index (χ2n) is 13.0. The molecule has 0 radical (unpaired) electrons. The highest BCUT2D eigenvalue weighted by molar-refractivity contribution is 5.77. The highest BCUT2D eigenvalue weighted by atomic mass is 16.3. The van der Waals surface area contributed by atoms with Gasteiger partial charge in [-0.15, -0.1) is 0 Å². The first-order valence-corrected chi connectivity index (χ1v) is 19.5. The zero-order valence-corrected chi connectivity index (χ0v) is 30.3. The normalized spacial score (nSPS) is 13.7. The number of carbonyl (C=O) groups excluding carboxylic acids is 1. The van der Waals surface area contributed by atoms with E-state index in [0.29, 0.717) is 6.42 Å². The Bertz CT molecular complexity index is 782. The maximum absolute atomic E-state index is 12.3. The van der Waals surface area contributed by atoms with Gasteiger partial charge in [0.2, 0.25) is 5.91 Å². The average molecular weight is 642 g/mol. The molecular formula is C42H75NO3. The molecule has 0 aromatic rings. The summed E-state index contributed by atoms with van der Waals surface area (Å²) in [6.07, 6.45) is 51.6. The van der Waals surface area contributed by atoms with Crippen LogP contribution in [0.1, 0.15) is 181 Å². The van der Waals surface area contributed by atoms with Crippen molar-refractivity contribution in [2.75, 3.05) is 6.61 Å². The molecule has 0 spiro atoms. The molecule has 0 aliphatic carbocycles. The monoisotopic (exact) mass is 642 g/mol. The lowest BCUT2D eigenvalue weighted by Crippen LogP contribution is -2.45. The van der Waals surface area contributed by atoms with Gasteiger partial charge in [-0.2, -0.15) is 0 Å². The first kappa shape index (κ1) is 44.1. The molecule has 1 amide bonds. The van der Waals surface area contributed by atoms with Crippen LogP contribution >= 0.6 is 0 Å². The lowest BCUT2D eigenvalue weighted by molar-refractivity contribution is -0.122. The van der Waals surface area contributed by atoms with Crippen LogP contribution in [-0.2, 0) is 4.79 Å². The molecule has 3 N–H and O–H groups in total. The van der Waals surface area contributed by atoms with Crippen LogP contribution in [0.3, 0.4) is 0 Å². The zero-order valence-electron chi connectivity index (χ0n) is 30.3. The minimum absolute atomic E-state index is 0.160. The summed E-state index contributed by atoms with van der Waals surface area (Å²) in [5, 5.41) is 23.0. The molecule has 4 nitrogen and oxygen atoms in total. The molecule has 0 aromatic heterocycles. The van der Waals surface area contributed by atoms with Gasteiger partial charge in [0.25, 0.3) is 0 Å². The first-order chi connectivity index (χ1) is 22.7. The summed E-state index contributed by atoms with van der Waals surface area (Å²) >= 11 is 0. The number of unbranched alkanes of at least 4 members (excludes halogenated alkanes) is 18. The van der Waals surface area contributed by atoms with E-state index in [-0.39, 0.29) is 18.9 Å². The third-order valence-electron chi connectivity index (χ3n) is 8.57. The van der Waals surface area contributed by atoms with Gasteiger partial charge in [0, 0.05) is 6.42 Å². The number of amides is 1. The predicted molar refractivity (Wildman–Crippen MR) is 202 cm³/mol. The third kappa shape index (κ3) is 33.5. The maximum Gasteiger partial charge on any atom is 0.224 e. The summed E-state index contributed by atoms with van der Waals surface area (Å²) < 4.78 is 0. The van der Waals surface area contributed by atoms with Gasteiger partial charge in [0.1, 0.15) is 0 Å². The molecule has 0 saturated heterocycles. The minimum Gasteiger partial charge on any atom is -0.394 e. The van der Waals surface area contributed by atoms with Gasteiger partial charge in [0.05, 0.1) is 18.8 Å².